The number of aryl methyl sites for hydroxylation is 1. The van der Waals surface area contributed by atoms with Crippen molar-refractivity contribution in [1.82, 2.24) is 15.6 Å². The maximum absolute atomic E-state index is 11.6. The number of nitrogens with zero attached hydrogens (tertiary/aromatic N) is 1. The van der Waals surface area contributed by atoms with E-state index in [0.717, 1.165) is 0 Å². The highest BCUT2D eigenvalue weighted by atomic mass is 16.4. The summed E-state index contributed by atoms with van der Waals surface area (Å²) in [6.45, 7) is 2.04. The maximum Gasteiger partial charge on any atom is 0.243 e. The van der Waals surface area contributed by atoms with Gasteiger partial charge >= 0.3 is 0 Å². The largest absolute Gasteiger partial charge is 0.444 e. The van der Waals surface area contributed by atoms with Crippen molar-refractivity contribution in [1.29, 1.82) is 0 Å². The van der Waals surface area contributed by atoms with Crippen LogP contribution in [0.5, 0.6) is 0 Å². The Balaban J connectivity index is 1.82. The zero-order chi connectivity index (χ0) is 11.5. The van der Waals surface area contributed by atoms with Gasteiger partial charge in [-0.2, -0.15) is 0 Å². The molecule has 6 heteroatoms. The third-order valence-electron chi connectivity index (χ3n) is 2.39. The SMILES string of the molecule is Cc1cnc(CNC(=O)C2CCC(=O)N2)o1. The fraction of sp³-hybridized carbons (Fsp3) is 0.500. The van der Waals surface area contributed by atoms with Crippen LogP contribution >= 0.6 is 0 Å². The number of nitrogens with one attached hydrogen (secondary N) is 2. The first-order valence-corrected chi connectivity index (χ1v) is 5.13. The zero-order valence-corrected chi connectivity index (χ0v) is 8.95. The number of carbonyl (C=O) groups excluding carboxylic acids is 2. The van der Waals surface area contributed by atoms with Gasteiger partial charge in [0.15, 0.2) is 0 Å². The van der Waals surface area contributed by atoms with Gasteiger partial charge in [-0.3, -0.25) is 9.59 Å². The topological polar surface area (TPSA) is 84.2 Å². The summed E-state index contributed by atoms with van der Waals surface area (Å²) in [7, 11) is 0. The molecule has 0 aliphatic carbocycles. The molecular formula is C10H13N3O3. The van der Waals surface area contributed by atoms with Crippen molar-refractivity contribution in [3.63, 3.8) is 0 Å². The molecule has 0 aromatic carbocycles. The number of amides is 2. The highest BCUT2D eigenvalue weighted by Crippen LogP contribution is 2.07. The van der Waals surface area contributed by atoms with Crippen LogP contribution in [0.2, 0.25) is 0 Å². The van der Waals surface area contributed by atoms with Crippen molar-refractivity contribution in [3.8, 4) is 0 Å². The van der Waals surface area contributed by atoms with Gasteiger partial charge in [0.2, 0.25) is 17.7 Å². The lowest BCUT2D eigenvalue weighted by Crippen LogP contribution is -2.41. The van der Waals surface area contributed by atoms with Crippen LogP contribution in [0.25, 0.3) is 0 Å². The van der Waals surface area contributed by atoms with Gasteiger partial charge in [-0.25, -0.2) is 4.98 Å². The average molecular weight is 223 g/mol. The lowest BCUT2D eigenvalue weighted by atomic mass is 10.2. The number of carbonyl (C=O) groups is 2. The standard InChI is InChI=1S/C10H13N3O3/c1-6-4-11-9(16-6)5-12-10(15)7-2-3-8(14)13-7/h4,7H,2-3,5H2,1H3,(H,12,15)(H,13,14). The first kappa shape index (κ1) is 10.7. The van der Waals surface area contributed by atoms with Crippen molar-refractivity contribution in [2.75, 3.05) is 0 Å². The van der Waals surface area contributed by atoms with Crippen molar-refractivity contribution >= 4 is 11.8 Å². The van der Waals surface area contributed by atoms with Crippen LogP contribution in [0.3, 0.4) is 0 Å². The predicted molar refractivity (Wildman–Crippen MR) is 54.3 cm³/mol. The quantitative estimate of drug-likeness (QED) is 0.748. The molecule has 2 heterocycles. The van der Waals surface area contributed by atoms with Crippen LogP contribution in [0.4, 0.5) is 0 Å². The number of rotatable bonds is 3. The molecule has 1 fully saturated rings. The molecule has 1 atom stereocenters. The Morgan fingerprint density at radius 3 is 3.12 bits per heavy atom. The minimum Gasteiger partial charge on any atom is -0.444 e. The molecule has 1 aromatic heterocycles. The summed E-state index contributed by atoms with van der Waals surface area (Å²) in [6.07, 6.45) is 2.56. The van der Waals surface area contributed by atoms with Gasteiger partial charge in [0.25, 0.3) is 0 Å². The van der Waals surface area contributed by atoms with E-state index in [1.54, 1.807) is 13.1 Å². The van der Waals surface area contributed by atoms with Gasteiger partial charge in [-0.05, 0) is 13.3 Å². The van der Waals surface area contributed by atoms with E-state index in [-0.39, 0.29) is 18.4 Å². The third-order valence-corrected chi connectivity index (χ3v) is 2.39. The zero-order valence-electron chi connectivity index (χ0n) is 8.95. The smallest absolute Gasteiger partial charge is 0.243 e. The van der Waals surface area contributed by atoms with Gasteiger partial charge in [0.05, 0.1) is 12.7 Å². The average Bonchev–Trinajstić information content (AvgIpc) is 2.84. The van der Waals surface area contributed by atoms with Gasteiger partial charge < -0.3 is 15.1 Å². The van der Waals surface area contributed by atoms with Crippen molar-refractivity contribution < 1.29 is 14.0 Å². The lowest BCUT2D eigenvalue weighted by Gasteiger charge is -2.08. The summed E-state index contributed by atoms with van der Waals surface area (Å²) in [4.78, 5) is 26.4. The molecule has 86 valence electrons. The van der Waals surface area contributed by atoms with Crippen LogP contribution in [0.1, 0.15) is 24.5 Å². The lowest BCUT2D eigenvalue weighted by molar-refractivity contribution is -0.125. The van der Waals surface area contributed by atoms with E-state index in [9.17, 15) is 9.59 Å². The fourth-order valence-corrected chi connectivity index (χ4v) is 1.58. The summed E-state index contributed by atoms with van der Waals surface area (Å²) in [6, 6.07) is -0.413. The van der Waals surface area contributed by atoms with Crippen LogP contribution in [0.15, 0.2) is 10.6 Å². The molecule has 1 saturated heterocycles. The summed E-state index contributed by atoms with van der Waals surface area (Å²) in [5.74, 6) is 0.905. The Bertz CT molecular complexity index is 413. The summed E-state index contributed by atoms with van der Waals surface area (Å²) >= 11 is 0. The molecule has 1 unspecified atom stereocenters. The normalized spacial score (nSPS) is 19.6. The Morgan fingerprint density at radius 2 is 2.56 bits per heavy atom. The molecule has 1 aliphatic heterocycles. The Hall–Kier alpha value is -1.85. The van der Waals surface area contributed by atoms with E-state index < -0.39 is 6.04 Å². The summed E-state index contributed by atoms with van der Waals surface area (Å²) < 4.78 is 5.20. The molecule has 2 rings (SSSR count). The van der Waals surface area contributed by atoms with Gasteiger partial charge in [-0.15, -0.1) is 0 Å². The maximum atomic E-state index is 11.6. The second-order valence-corrected chi connectivity index (χ2v) is 3.74. The molecule has 6 nitrogen and oxygen atoms in total. The highest BCUT2D eigenvalue weighted by Gasteiger charge is 2.26. The molecule has 2 amide bonds. The molecular weight excluding hydrogens is 210 g/mol. The first-order chi connectivity index (χ1) is 7.65. The number of oxazole rings is 1. The van der Waals surface area contributed by atoms with Crippen LogP contribution < -0.4 is 10.6 Å². The predicted octanol–water partition coefficient (Wildman–Crippen LogP) is -0.122. The van der Waals surface area contributed by atoms with E-state index in [2.05, 4.69) is 15.6 Å². The number of hydrogen-bond donors (Lipinski definition) is 2. The molecule has 0 saturated carbocycles. The second-order valence-electron chi connectivity index (χ2n) is 3.74. The van der Waals surface area contributed by atoms with E-state index in [4.69, 9.17) is 4.42 Å². The van der Waals surface area contributed by atoms with Gasteiger partial charge in [0, 0.05) is 6.42 Å². The van der Waals surface area contributed by atoms with Crippen molar-refractivity contribution in [2.24, 2.45) is 0 Å². The van der Waals surface area contributed by atoms with Crippen molar-refractivity contribution in [2.45, 2.75) is 32.4 Å². The van der Waals surface area contributed by atoms with Crippen LogP contribution in [0, 0.1) is 6.92 Å². The highest BCUT2D eigenvalue weighted by molar-refractivity contribution is 5.90. The van der Waals surface area contributed by atoms with E-state index in [1.807, 2.05) is 0 Å². The Morgan fingerprint density at radius 1 is 1.75 bits per heavy atom. The van der Waals surface area contributed by atoms with E-state index in [1.165, 1.54) is 0 Å². The molecule has 1 aliphatic rings. The number of aromatic nitrogens is 1. The first-order valence-electron chi connectivity index (χ1n) is 5.13. The Labute approximate surface area is 92.4 Å². The minimum atomic E-state index is -0.413. The van der Waals surface area contributed by atoms with Crippen LogP contribution in [-0.4, -0.2) is 22.8 Å². The summed E-state index contributed by atoms with van der Waals surface area (Å²) in [5.41, 5.74) is 0. The monoisotopic (exact) mass is 223 g/mol. The van der Waals surface area contributed by atoms with E-state index in [0.29, 0.717) is 24.5 Å². The van der Waals surface area contributed by atoms with Gasteiger partial charge in [0.1, 0.15) is 11.8 Å². The molecule has 0 spiro atoms. The molecule has 2 N–H and O–H groups in total. The summed E-state index contributed by atoms with van der Waals surface area (Å²) in [5, 5.41) is 5.26. The van der Waals surface area contributed by atoms with Gasteiger partial charge in [-0.1, -0.05) is 0 Å². The fourth-order valence-electron chi connectivity index (χ4n) is 1.58. The van der Waals surface area contributed by atoms with E-state index >= 15 is 0 Å². The molecule has 0 radical (unpaired) electrons. The minimum absolute atomic E-state index is 0.0767. The number of hydrogen-bond acceptors (Lipinski definition) is 4. The third kappa shape index (κ3) is 2.39. The second kappa shape index (κ2) is 4.34. The van der Waals surface area contributed by atoms with Crippen LogP contribution in [-0.2, 0) is 16.1 Å². The molecule has 16 heavy (non-hydrogen) atoms. The Kier molecular flexibility index (Phi) is 2.89. The molecule has 1 aromatic rings. The van der Waals surface area contributed by atoms with Crippen molar-refractivity contribution in [3.05, 3.63) is 17.8 Å². The molecule has 0 bridgehead atoms.